The highest BCUT2D eigenvalue weighted by Gasteiger charge is 2.20. The van der Waals surface area contributed by atoms with E-state index in [2.05, 4.69) is 126 Å². The summed E-state index contributed by atoms with van der Waals surface area (Å²) in [6, 6.07) is 55.9. The number of fused-ring (bicyclic) bond motifs is 9. The fraction of sp³-hybridized carbons (Fsp3) is 0. The van der Waals surface area contributed by atoms with Crippen molar-refractivity contribution in [1.29, 1.82) is 0 Å². The third kappa shape index (κ3) is 4.40. The lowest BCUT2D eigenvalue weighted by Gasteiger charge is -2.09. The monoisotopic (exact) mass is 686 g/mol. The Labute approximate surface area is 300 Å². The second-order valence-electron chi connectivity index (χ2n) is 12.8. The number of hydrogen-bond acceptors (Lipinski definition) is 5. The molecule has 0 amide bonds. The molecule has 0 aliphatic rings. The minimum Gasteiger partial charge on any atom is -0.308 e. The molecule has 0 fully saturated rings. The van der Waals surface area contributed by atoms with E-state index in [1.165, 1.54) is 67.8 Å². The SMILES string of the molecule is c1ccc(-c2nc(-c3ccccc3)nc(-c3cccc4c3sc3cc5sc6c(-n7c8ccccc8c8ccccc87)cccc6c5cc34)n2)cc1. The Morgan fingerprint density at radius 2 is 0.863 bits per heavy atom. The third-order valence-electron chi connectivity index (χ3n) is 9.86. The molecule has 4 aromatic heterocycles. The van der Waals surface area contributed by atoms with Crippen molar-refractivity contribution in [2.24, 2.45) is 0 Å². The minimum absolute atomic E-state index is 0.670. The first-order valence-electron chi connectivity index (χ1n) is 16.9. The summed E-state index contributed by atoms with van der Waals surface area (Å²) in [6.45, 7) is 0. The maximum absolute atomic E-state index is 5.07. The molecule has 0 unspecified atom stereocenters. The Morgan fingerprint density at radius 1 is 0.373 bits per heavy atom. The molecule has 0 saturated carbocycles. The lowest BCUT2D eigenvalue weighted by Crippen LogP contribution is -2.00. The largest absolute Gasteiger partial charge is 0.308 e. The van der Waals surface area contributed by atoms with Gasteiger partial charge in [-0.1, -0.05) is 121 Å². The van der Waals surface area contributed by atoms with Gasteiger partial charge in [-0.2, -0.15) is 0 Å². The van der Waals surface area contributed by atoms with Crippen molar-refractivity contribution < 1.29 is 0 Å². The summed E-state index contributed by atoms with van der Waals surface area (Å²) in [5, 5.41) is 7.59. The van der Waals surface area contributed by atoms with Gasteiger partial charge in [0.2, 0.25) is 0 Å². The summed E-state index contributed by atoms with van der Waals surface area (Å²) in [5.41, 5.74) is 6.63. The van der Waals surface area contributed by atoms with Crippen molar-refractivity contribution >= 4 is 84.8 Å². The smallest absolute Gasteiger partial charge is 0.165 e. The van der Waals surface area contributed by atoms with E-state index in [0.29, 0.717) is 17.5 Å². The van der Waals surface area contributed by atoms with Gasteiger partial charge in [-0.25, -0.2) is 15.0 Å². The van der Waals surface area contributed by atoms with Crippen molar-refractivity contribution in [3.05, 3.63) is 158 Å². The van der Waals surface area contributed by atoms with Crippen LogP contribution in [0.4, 0.5) is 0 Å². The molecule has 6 heteroatoms. The quantitative estimate of drug-likeness (QED) is 0.185. The average molecular weight is 687 g/mol. The molecule has 0 radical (unpaired) electrons. The molecular formula is C45H26N4S2. The molecule has 7 aromatic carbocycles. The van der Waals surface area contributed by atoms with E-state index >= 15 is 0 Å². The Bertz CT molecular complexity index is 3030. The van der Waals surface area contributed by atoms with Gasteiger partial charge >= 0.3 is 0 Å². The highest BCUT2D eigenvalue weighted by molar-refractivity contribution is 7.28. The van der Waals surface area contributed by atoms with Crippen LogP contribution >= 0.6 is 22.7 Å². The number of rotatable bonds is 4. The molecule has 238 valence electrons. The number of aromatic nitrogens is 4. The van der Waals surface area contributed by atoms with Gasteiger partial charge in [0, 0.05) is 63.1 Å². The van der Waals surface area contributed by atoms with Crippen molar-refractivity contribution in [3.63, 3.8) is 0 Å². The zero-order valence-corrected chi connectivity index (χ0v) is 28.7. The fourth-order valence-electron chi connectivity index (χ4n) is 7.54. The topological polar surface area (TPSA) is 43.6 Å². The zero-order chi connectivity index (χ0) is 33.5. The van der Waals surface area contributed by atoms with Crippen LogP contribution in [0.5, 0.6) is 0 Å². The van der Waals surface area contributed by atoms with Crippen LogP contribution in [-0.4, -0.2) is 19.5 Å². The van der Waals surface area contributed by atoms with Gasteiger partial charge in [-0.05, 0) is 36.4 Å². The Balaban J connectivity index is 1.12. The van der Waals surface area contributed by atoms with E-state index < -0.39 is 0 Å². The standard InChI is InChI=1S/C45H26N4S2/c1-3-13-27(14-4-1)43-46-44(28-15-5-2-6-16-28)48-45(47-43)33-21-11-19-31-34-25-35-32-20-12-24-38(42(32)51-40(35)26-39(34)50-41(31)33)49-36-22-9-7-17-29(36)30-18-8-10-23-37(30)49/h1-26H. The number of nitrogens with zero attached hydrogens (tertiary/aromatic N) is 4. The molecular weight excluding hydrogens is 661 g/mol. The maximum atomic E-state index is 5.07. The van der Waals surface area contributed by atoms with E-state index in [4.69, 9.17) is 15.0 Å². The fourth-order valence-corrected chi connectivity index (χ4v) is 10.1. The van der Waals surface area contributed by atoms with E-state index in [1.807, 2.05) is 59.1 Å². The molecule has 0 bridgehead atoms. The van der Waals surface area contributed by atoms with Gasteiger partial charge in [0.1, 0.15) is 0 Å². The van der Waals surface area contributed by atoms with Crippen LogP contribution in [0.3, 0.4) is 0 Å². The van der Waals surface area contributed by atoms with E-state index in [9.17, 15) is 0 Å². The molecule has 0 atom stereocenters. The third-order valence-corrected chi connectivity index (χ3v) is 12.2. The Kier molecular flexibility index (Phi) is 6.26. The second-order valence-corrected chi connectivity index (χ2v) is 14.9. The molecule has 0 saturated heterocycles. The van der Waals surface area contributed by atoms with Crippen molar-refractivity contribution in [3.8, 4) is 39.9 Å². The predicted molar refractivity (Wildman–Crippen MR) is 216 cm³/mol. The maximum Gasteiger partial charge on any atom is 0.165 e. The van der Waals surface area contributed by atoms with Crippen LogP contribution in [0, 0.1) is 0 Å². The summed E-state index contributed by atoms with van der Waals surface area (Å²) in [5.74, 6) is 2.02. The summed E-state index contributed by atoms with van der Waals surface area (Å²) in [7, 11) is 0. The minimum atomic E-state index is 0.670. The molecule has 11 rings (SSSR count). The first-order chi connectivity index (χ1) is 25.3. The van der Waals surface area contributed by atoms with Gasteiger partial charge < -0.3 is 4.57 Å². The van der Waals surface area contributed by atoms with Crippen molar-refractivity contribution in [2.45, 2.75) is 0 Å². The molecule has 51 heavy (non-hydrogen) atoms. The van der Waals surface area contributed by atoms with Crippen LogP contribution < -0.4 is 0 Å². The molecule has 0 spiro atoms. The van der Waals surface area contributed by atoms with Gasteiger partial charge in [-0.15, -0.1) is 22.7 Å². The van der Waals surface area contributed by atoms with Crippen LogP contribution in [0.2, 0.25) is 0 Å². The number of hydrogen-bond donors (Lipinski definition) is 0. The number of benzene rings is 7. The summed E-state index contributed by atoms with van der Waals surface area (Å²) < 4.78 is 7.47. The normalized spacial score (nSPS) is 11.9. The lowest BCUT2D eigenvalue weighted by molar-refractivity contribution is 1.08. The number of para-hydroxylation sites is 2. The molecule has 11 aromatic rings. The Morgan fingerprint density at radius 3 is 1.49 bits per heavy atom. The molecule has 0 N–H and O–H groups in total. The van der Waals surface area contributed by atoms with E-state index in [0.717, 1.165) is 16.7 Å². The van der Waals surface area contributed by atoms with Gasteiger partial charge in [-0.3, -0.25) is 0 Å². The van der Waals surface area contributed by atoms with E-state index in [1.54, 1.807) is 0 Å². The summed E-state index contributed by atoms with van der Waals surface area (Å²) in [6.07, 6.45) is 0. The van der Waals surface area contributed by atoms with Crippen LogP contribution in [0.15, 0.2) is 158 Å². The first kappa shape index (κ1) is 28.6. The average Bonchev–Trinajstić information content (AvgIpc) is 3.86. The summed E-state index contributed by atoms with van der Waals surface area (Å²) in [4.78, 5) is 15.1. The molecule has 0 aliphatic heterocycles. The van der Waals surface area contributed by atoms with Gasteiger partial charge in [0.25, 0.3) is 0 Å². The zero-order valence-electron chi connectivity index (χ0n) is 27.1. The lowest BCUT2D eigenvalue weighted by atomic mass is 10.1. The first-order valence-corrected chi connectivity index (χ1v) is 18.6. The van der Waals surface area contributed by atoms with Gasteiger partial charge in [0.15, 0.2) is 17.5 Å². The molecule has 4 nitrogen and oxygen atoms in total. The summed E-state index contributed by atoms with van der Waals surface area (Å²) >= 11 is 3.70. The second kappa shape index (κ2) is 11.2. The number of thiophene rings is 2. The van der Waals surface area contributed by atoms with Crippen LogP contribution in [0.25, 0.3) is 102 Å². The molecule has 0 aliphatic carbocycles. The highest BCUT2D eigenvalue weighted by atomic mass is 32.1. The van der Waals surface area contributed by atoms with E-state index in [-0.39, 0.29) is 0 Å². The molecule has 4 heterocycles. The predicted octanol–water partition coefficient (Wildman–Crippen LogP) is 12.7. The van der Waals surface area contributed by atoms with Gasteiger partial charge in [0.05, 0.1) is 21.4 Å². The van der Waals surface area contributed by atoms with Crippen molar-refractivity contribution in [1.82, 2.24) is 19.5 Å². The van der Waals surface area contributed by atoms with Crippen LogP contribution in [-0.2, 0) is 0 Å². The van der Waals surface area contributed by atoms with Crippen molar-refractivity contribution in [2.75, 3.05) is 0 Å². The van der Waals surface area contributed by atoms with Crippen LogP contribution in [0.1, 0.15) is 0 Å². The Hall–Kier alpha value is -6.21. The highest BCUT2D eigenvalue weighted by Crippen LogP contribution is 2.46.